The van der Waals surface area contributed by atoms with E-state index in [2.05, 4.69) is 37.4 Å². The fourth-order valence-electron chi connectivity index (χ4n) is 0.532. The largest absolute Gasteiger partial charge is 0.506 e. The van der Waals surface area contributed by atoms with Gasteiger partial charge in [0.05, 0.1) is 6.20 Å². The fraction of sp³-hybridized carbons (Fsp3) is 0. The summed E-state index contributed by atoms with van der Waals surface area (Å²) in [6.07, 6.45) is 1.38. The smallest absolute Gasteiger partial charge is 0.133 e. The van der Waals surface area contributed by atoms with Gasteiger partial charge in [0.25, 0.3) is 0 Å². The van der Waals surface area contributed by atoms with E-state index in [1.54, 1.807) is 12.1 Å². The van der Waals surface area contributed by atoms with E-state index < -0.39 is 0 Å². The first kappa shape index (κ1) is 8.68. The van der Waals surface area contributed by atoms with Crippen LogP contribution in [0.2, 0.25) is 0 Å². The van der Waals surface area contributed by atoms with Crippen LogP contribution in [0, 0.1) is 11.2 Å². The highest BCUT2D eigenvalue weighted by Crippen LogP contribution is 2.08. The maximum Gasteiger partial charge on any atom is 0.133 e. The van der Waals surface area contributed by atoms with Gasteiger partial charge in [-0.1, -0.05) is 0 Å². The lowest BCUT2D eigenvalue weighted by molar-refractivity contribution is 0.472. The molecule has 0 radical (unpaired) electrons. The third-order valence-corrected chi connectivity index (χ3v) is 1.81. The van der Waals surface area contributed by atoms with E-state index >= 15 is 0 Å². The zero-order valence-electron chi connectivity index (χ0n) is 5.41. The minimum absolute atomic E-state index is 0.165. The van der Waals surface area contributed by atoms with Gasteiger partial charge in [-0.05, 0) is 32.2 Å². The van der Waals surface area contributed by atoms with Crippen molar-refractivity contribution < 1.29 is 5.11 Å². The highest BCUT2D eigenvalue weighted by atomic mass is 127. The van der Waals surface area contributed by atoms with Gasteiger partial charge in [-0.15, -0.1) is 0 Å². The summed E-state index contributed by atoms with van der Waals surface area (Å²) in [5.74, 6) is 2.97. The van der Waals surface area contributed by atoms with Crippen molar-refractivity contribution in [2.45, 2.75) is 0 Å². The molecule has 4 heteroatoms. The summed E-state index contributed by atoms with van der Waals surface area (Å²) in [4.78, 5) is 3.88. The zero-order chi connectivity index (χ0) is 8.10. The van der Waals surface area contributed by atoms with Gasteiger partial charge >= 0.3 is 0 Å². The van der Waals surface area contributed by atoms with Gasteiger partial charge in [0.15, 0.2) is 0 Å². The summed E-state index contributed by atoms with van der Waals surface area (Å²) in [6, 6.07) is 3.24. The van der Waals surface area contributed by atoms with E-state index in [0.29, 0.717) is 5.69 Å². The monoisotopic (exact) mass is 277 g/mol. The molecular weight excluding hydrogens is 273 g/mol. The molecule has 56 valence electrons. The Morgan fingerprint density at radius 2 is 2.36 bits per heavy atom. The summed E-state index contributed by atoms with van der Waals surface area (Å²) in [7, 11) is 1.41. The molecule has 0 aliphatic rings. The number of aromatic hydroxyl groups is 1. The lowest BCUT2D eigenvalue weighted by Gasteiger charge is -1.88. The van der Waals surface area contributed by atoms with Crippen molar-refractivity contribution in [2.75, 3.05) is 0 Å². The summed E-state index contributed by atoms with van der Waals surface area (Å²) in [6.45, 7) is 0. The topological polar surface area (TPSA) is 33.1 Å². The SMILES string of the molecule is Oc1ccc(C#CSI)nc1. The van der Waals surface area contributed by atoms with Crippen LogP contribution in [0.1, 0.15) is 5.69 Å². The normalized spacial score (nSPS) is 8.45. The summed E-state index contributed by atoms with van der Waals surface area (Å²) in [5, 5.41) is 11.7. The standard InChI is InChI=1S/C7H4INOS/c8-11-4-3-6-1-2-7(10)5-9-6/h1-2,5,10H. The van der Waals surface area contributed by atoms with E-state index in [9.17, 15) is 0 Å². The fourth-order valence-corrected chi connectivity index (χ4v) is 1.01. The summed E-state index contributed by atoms with van der Waals surface area (Å²) < 4.78 is 0. The quantitative estimate of drug-likeness (QED) is 0.583. The molecule has 2 nitrogen and oxygen atoms in total. The number of pyridine rings is 1. The van der Waals surface area contributed by atoms with Gasteiger partial charge in [-0.2, -0.15) is 0 Å². The van der Waals surface area contributed by atoms with E-state index in [1.165, 1.54) is 15.1 Å². The third-order valence-electron chi connectivity index (χ3n) is 0.966. The molecule has 0 fully saturated rings. The number of hydrogen-bond acceptors (Lipinski definition) is 3. The second kappa shape index (κ2) is 4.46. The minimum atomic E-state index is 0.165. The molecule has 0 saturated carbocycles. The molecule has 0 aliphatic heterocycles. The average molecular weight is 277 g/mol. The van der Waals surface area contributed by atoms with Crippen LogP contribution in [-0.2, 0) is 0 Å². The van der Waals surface area contributed by atoms with Gasteiger partial charge in [-0.3, -0.25) is 0 Å². The van der Waals surface area contributed by atoms with Gasteiger partial charge in [-0.25, -0.2) is 4.98 Å². The Hall–Kier alpha value is -0.410. The van der Waals surface area contributed by atoms with E-state index in [1.807, 2.05) is 0 Å². The molecule has 1 rings (SSSR count). The van der Waals surface area contributed by atoms with Crippen LogP contribution in [0.5, 0.6) is 5.75 Å². The second-order valence-corrected chi connectivity index (χ2v) is 3.39. The van der Waals surface area contributed by atoms with Crippen LogP contribution < -0.4 is 0 Å². The molecule has 0 unspecified atom stereocenters. The highest BCUT2D eigenvalue weighted by molar-refractivity contribution is 14.2. The van der Waals surface area contributed by atoms with Crippen molar-refractivity contribution in [1.29, 1.82) is 0 Å². The van der Waals surface area contributed by atoms with Crippen LogP contribution in [0.25, 0.3) is 0 Å². The number of nitrogens with zero attached hydrogens (tertiary/aromatic N) is 1. The van der Waals surface area contributed by atoms with Crippen molar-refractivity contribution in [3.8, 4) is 16.9 Å². The molecule has 0 bridgehead atoms. The van der Waals surface area contributed by atoms with Crippen LogP contribution in [-0.4, -0.2) is 10.1 Å². The van der Waals surface area contributed by atoms with Crippen molar-refractivity contribution in [2.24, 2.45) is 0 Å². The molecule has 1 aromatic heterocycles. The van der Waals surface area contributed by atoms with Crippen molar-refractivity contribution in [1.82, 2.24) is 4.98 Å². The predicted molar refractivity (Wildman–Crippen MR) is 54.4 cm³/mol. The first-order chi connectivity index (χ1) is 5.33. The van der Waals surface area contributed by atoms with Crippen molar-refractivity contribution >= 4 is 30.1 Å². The third kappa shape index (κ3) is 2.99. The number of rotatable bonds is 0. The summed E-state index contributed by atoms with van der Waals surface area (Å²) in [5.41, 5.74) is 0.673. The Labute approximate surface area is 81.0 Å². The first-order valence-electron chi connectivity index (χ1n) is 2.76. The lowest BCUT2D eigenvalue weighted by Crippen LogP contribution is -1.78. The molecular formula is C7H4INOS. The molecule has 11 heavy (non-hydrogen) atoms. The van der Waals surface area contributed by atoms with Crippen LogP contribution >= 0.6 is 30.1 Å². The molecule has 0 aromatic carbocycles. The van der Waals surface area contributed by atoms with E-state index in [-0.39, 0.29) is 5.75 Å². The number of hydrogen-bond donors (Lipinski definition) is 1. The van der Waals surface area contributed by atoms with Crippen molar-refractivity contribution in [3.63, 3.8) is 0 Å². The molecule has 1 heterocycles. The molecule has 0 saturated heterocycles. The van der Waals surface area contributed by atoms with Gasteiger partial charge in [0, 0.05) is 21.2 Å². The Bertz CT molecular complexity index is 288. The maximum atomic E-state index is 8.86. The number of halogens is 1. The zero-order valence-corrected chi connectivity index (χ0v) is 8.39. The lowest BCUT2D eigenvalue weighted by atomic mass is 10.3. The predicted octanol–water partition coefficient (Wildman–Crippen LogP) is 2.18. The van der Waals surface area contributed by atoms with Crippen LogP contribution in [0.4, 0.5) is 0 Å². The minimum Gasteiger partial charge on any atom is -0.506 e. The van der Waals surface area contributed by atoms with E-state index in [4.69, 9.17) is 5.11 Å². The van der Waals surface area contributed by atoms with Gasteiger partial charge in [0.2, 0.25) is 0 Å². The van der Waals surface area contributed by atoms with Gasteiger partial charge < -0.3 is 5.11 Å². The Kier molecular flexibility index (Phi) is 3.52. The van der Waals surface area contributed by atoms with Crippen LogP contribution in [0.15, 0.2) is 18.3 Å². The molecule has 0 amide bonds. The Morgan fingerprint density at radius 1 is 1.55 bits per heavy atom. The molecule has 0 spiro atoms. The van der Waals surface area contributed by atoms with Crippen LogP contribution in [0.3, 0.4) is 0 Å². The molecule has 0 aliphatic carbocycles. The molecule has 1 N–H and O–H groups in total. The number of aromatic nitrogens is 1. The summed E-state index contributed by atoms with van der Waals surface area (Å²) >= 11 is 2.09. The first-order valence-corrected chi connectivity index (χ1v) is 6.12. The average Bonchev–Trinajstić information content (AvgIpc) is 2.04. The molecule has 1 aromatic rings. The van der Waals surface area contributed by atoms with Crippen molar-refractivity contribution in [3.05, 3.63) is 24.0 Å². The Morgan fingerprint density at radius 3 is 2.91 bits per heavy atom. The molecule has 0 atom stereocenters. The maximum absolute atomic E-state index is 8.86. The highest BCUT2D eigenvalue weighted by Gasteiger charge is 1.87. The van der Waals surface area contributed by atoms with E-state index in [0.717, 1.165) is 0 Å². The Balaban J connectivity index is 2.82. The second-order valence-electron chi connectivity index (χ2n) is 1.71. The van der Waals surface area contributed by atoms with Gasteiger partial charge in [0.1, 0.15) is 11.4 Å².